The summed E-state index contributed by atoms with van der Waals surface area (Å²) in [5, 5.41) is 3.32. The summed E-state index contributed by atoms with van der Waals surface area (Å²) in [6.45, 7) is 4.57. The van der Waals surface area contributed by atoms with Gasteiger partial charge in [-0.2, -0.15) is 0 Å². The van der Waals surface area contributed by atoms with Gasteiger partial charge in [-0.15, -0.1) is 0 Å². The second-order valence-corrected chi connectivity index (χ2v) is 5.16. The lowest BCUT2D eigenvalue weighted by Crippen LogP contribution is -2.09. The third kappa shape index (κ3) is 3.87. The van der Waals surface area contributed by atoms with E-state index in [2.05, 4.69) is 5.32 Å². The van der Waals surface area contributed by atoms with Crippen molar-refractivity contribution < 1.29 is 9.13 Å². The molecule has 0 saturated heterocycles. The largest absolute Gasteiger partial charge is 0.491 e. The molecule has 0 aliphatic rings. The fourth-order valence-corrected chi connectivity index (χ4v) is 2.00. The average Bonchev–Trinajstić information content (AvgIpc) is 2.41. The van der Waals surface area contributed by atoms with E-state index in [1.807, 2.05) is 38.1 Å². The maximum atomic E-state index is 13.1. The van der Waals surface area contributed by atoms with Gasteiger partial charge in [0.05, 0.1) is 11.1 Å². The molecule has 0 aliphatic carbocycles. The topological polar surface area (TPSA) is 21.3 Å². The predicted molar refractivity (Wildman–Crippen MR) is 80.9 cm³/mol. The van der Waals surface area contributed by atoms with E-state index in [1.165, 1.54) is 6.07 Å². The quantitative estimate of drug-likeness (QED) is 0.848. The van der Waals surface area contributed by atoms with Crippen LogP contribution in [0.25, 0.3) is 0 Å². The van der Waals surface area contributed by atoms with Crippen molar-refractivity contribution in [3.05, 3.63) is 58.9 Å². The second kappa shape index (κ2) is 6.62. The molecule has 0 aromatic heterocycles. The van der Waals surface area contributed by atoms with Crippen molar-refractivity contribution in [3.8, 4) is 5.75 Å². The Balaban J connectivity index is 2.08. The Morgan fingerprint density at radius 1 is 1.20 bits per heavy atom. The van der Waals surface area contributed by atoms with Crippen LogP contribution in [0.5, 0.6) is 5.75 Å². The number of hydrogen-bond acceptors (Lipinski definition) is 2. The van der Waals surface area contributed by atoms with E-state index in [0.29, 0.717) is 6.54 Å². The van der Waals surface area contributed by atoms with E-state index >= 15 is 0 Å². The number of hydrogen-bond donors (Lipinski definition) is 1. The normalized spacial score (nSPS) is 10.7. The van der Waals surface area contributed by atoms with E-state index in [-0.39, 0.29) is 11.1 Å². The van der Waals surface area contributed by atoms with Crippen molar-refractivity contribution >= 4 is 17.3 Å². The monoisotopic (exact) mass is 293 g/mol. The van der Waals surface area contributed by atoms with Crippen molar-refractivity contribution in [3.63, 3.8) is 0 Å². The molecule has 4 heteroatoms. The number of benzene rings is 2. The minimum absolute atomic E-state index is 0.113. The first-order chi connectivity index (χ1) is 9.56. The highest BCUT2D eigenvalue weighted by molar-refractivity contribution is 6.31. The smallest absolute Gasteiger partial charge is 0.141 e. The molecule has 0 fully saturated rings. The second-order valence-electron chi connectivity index (χ2n) is 4.76. The Labute approximate surface area is 123 Å². The highest BCUT2D eigenvalue weighted by Crippen LogP contribution is 2.23. The minimum atomic E-state index is -0.416. The maximum Gasteiger partial charge on any atom is 0.141 e. The Hall–Kier alpha value is -1.74. The lowest BCUT2D eigenvalue weighted by molar-refractivity contribution is 0.240. The Morgan fingerprint density at radius 2 is 1.95 bits per heavy atom. The highest BCUT2D eigenvalue weighted by Gasteiger charge is 2.06. The number of halogens is 2. The molecule has 1 N–H and O–H groups in total. The van der Waals surface area contributed by atoms with Crippen LogP contribution in [0, 0.1) is 5.82 Å². The van der Waals surface area contributed by atoms with Gasteiger partial charge >= 0.3 is 0 Å². The van der Waals surface area contributed by atoms with Crippen LogP contribution in [-0.2, 0) is 6.54 Å². The third-order valence-corrected chi connectivity index (χ3v) is 3.03. The number of anilines is 1. The molecular formula is C16H17ClFNO. The molecule has 2 nitrogen and oxygen atoms in total. The molecule has 2 aromatic rings. The lowest BCUT2D eigenvalue weighted by atomic mass is 10.2. The van der Waals surface area contributed by atoms with Crippen LogP contribution in [0.3, 0.4) is 0 Å². The zero-order valence-electron chi connectivity index (χ0n) is 11.5. The first kappa shape index (κ1) is 14.7. The van der Waals surface area contributed by atoms with E-state index < -0.39 is 5.82 Å². The molecule has 0 aliphatic heterocycles. The maximum absolute atomic E-state index is 13.1. The van der Waals surface area contributed by atoms with Gasteiger partial charge in [-0.3, -0.25) is 0 Å². The fourth-order valence-electron chi connectivity index (χ4n) is 1.82. The number of rotatable bonds is 5. The molecule has 0 radical (unpaired) electrons. The summed E-state index contributed by atoms with van der Waals surface area (Å²) in [7, 11) is 0. The van der Waals surface area contributed by atoms with Crippen molar-refractivity contribution in [1.29, 1.82) is 0 Å². The van der Waals surface area contributed by atoms with Crippen molar-refractivity contribution in [1.82, 2.24) is 0 Å². The van der Waals surface area contributed by atoms with E-state index in [9.17, 15) is 4.39 Å². The SMILES string of the molecule is CC(C)Oc1ccccc1CNc1ccc(F)c(Cl)c1. The summed E-state index contributed by atoms with van der Waals surface area (Å²) in [4.78, 5) is 0. The average molecular weight is 294 g/mol. The Kier molecular flexibility index (Phi) is 4.85. The van der Waals surface area contributed by atoms with Gasteiger partial charge in [0.15, 0.2) is 0 Å². The number of ether oxygens (including phenoxy) is 1. The van der Waals surface area contributed by atoms with Crippen molar-refractivity contribution in [2.24, 2.45) is 0 Å². The zero-order chi connectivity index (χ0) is 14.5. The van der Waals surface area contributed by atoms with Crippen LogP contribution in [-0.4, -0.2) is 6.10 Å². The first-order valence-electron chi connectivity index (χ1n) is 6.49. The third-order valence-electron chi connectivity index (χ3n) is 2.74. The molecular weight excluding hydrogens is 277 g/mol. The molecule has 106 valence electrons. The summed E-state index contributed by atoms with van der Waals surface area (Å²) in [6, 6.07) is 12.4. The van der Waals surface area contributed by atoms with Crippen LogP contribution in [0.15, 0.2) is 42.5 Å². The summed E-state index contributed by atoms with van der Waals surface area (Å²) < 4.78 is 18.8. The predicted octanol–water partition coefficient (Wildman–Crippen LogP) is 4.88. The molecule has 0 bridgehead atoms. The van der Waals surface area contributed by atoms with Gasteiger partial charge in [0, 0.05) is 17.8 Å². The van der Waals surface area contributed by atoms with Crippen LogP contribution in [0.1, 0.15) is 19.4 Å². The van der Waals surface area contributed by atoms with Crippen LogP contribution < -0.4 is 10.1 Å². The van der Waals surface area contributed by atoms with Gasteiger partial charge in [0.25, 0.3) is 0 Å². The van der Waals surface area contributed by atoms with E-state index in [4.69, 9.17) is 16.3 Å². The van der Waals surface area contributed by atoms with Crippen molar-refractivity contribution in [2.45, 2.75) is 26.5 Å². The Bertz CT molecular complexity index is 586. The van der Waals surface area contributed by atoms with Crippen molar-refractivity contribution in [2.75, 3.05) is 5.32 Å². The molecule has 0 heterocycles. The summed E-state index contributed by atoms with van der Waals surface area (Å²) >= 11 is 5.76. The van der Waals surface area contributed by atoms with Crippen LogP contribution >= 0.6 is 11.6 Å². The van der Waals surface area contributed by atoms with Gasteiger partial charge < -0.3 is 10.1 Å². The minimum Gasteiger partial charge on any atom is -0.491 e. The van der Waals surface area contributed by atoms with Gasteiger partial charge in [-0.05, 0) is 38.1 Å². The highest BCUT2D eigenvalue weighted by atomic mass is 35.5. The van der Waals surface area contributed by atoms with Crippen LogP contribution in [0.4, 0.5) is 10.1 Å². The Morgan fingerprint density at radius 3 is 2.65 bits per heavy atom. The van der Waals surface area contributed by atoms with Gasteiger partial charge in [0.1, 0.15) is 11.6 Å². The first-order valence-corrected chi connectivity index (χ1v) is 6.87. The van der Waals surface area contributed by atoms with Crippen LogP contribution in [0.2, 0.25) is 5.02 Å². The molecule has 2 rings (SSSR count). The number of para-hydroxylation sites is 1. The lowest BCUT2D eigenvalue weighted by Gasteiger charge is -2.15. The van der Waals surface area contributed by atoms with E-state index in [0.717, 1.165) is 17.0 Å². The summed E-state index contributed by atoms with van der Waals surface area (Å²) in [6.07, 6.45) is 0.122. The molecule has 0 amide bonds. The van der Waals surface area contributed by atoms with E-state index in [1.54, 1.807) is 12.1 Å². The molecule has 2 aromatic carbocycles. The summed E-state index contributed by atoms with van der Waals surface area (Å²) in [5.41, 5.74) is 1.82. The zero-order valence-corrected chi connectivity index (χ0v) is 12.2. The van der Waals surface area contributed by atoms with Gasteiger partial charge in [-0.1, -0.05) is 29.8 Å². The molecule has 0 atom stereocenters. The number of nitrogens with one attached hydrogen (secondary N) is 1. The van der Waals surface area contributed by atoms with Gasteiger partial charge in [0.2, 0.25) is 0 Å². The van der Waals surface area contributed by atoms with Gasteiger partial charge in [-0.25, -0.2) is 4.39 Å². The molecule has 20 heavy (non-hydrogen) atoms. The standard InChI is InChI=1S/C16H17ClFNO/c1-11(2)20-16-6-4-3-5-12(16)10-19-13-7-8-15(18)14(17)9-13/h3-9,11,19H,10H2,1-2H3. The molecule has 0 spiro atoms. The molecule has 0 unspecified atom stereocenters. The molecule has 0 saturated carbocycles. The summed E-state index contributed by atoms with van der Waals surface area (Å²) in [5.74, 6) is 0.434. The fraction of sp³-hybridized carbons (Fsp3) is 0.250.